The molecule has 1 heterocycles. The van der Waals surface area contributed by atoms with Crippen LogP contribution >= 0.6 is 11.6 Å². The van der Waals surface area contributed by atoms with Gasteiger partial charge in [0.25, 0.3) is 16.1 Å². The van der Waals surface area contributed by atoms with Gasteiger partial charge in [-0.05, 0) is 12.1 Å². The van der Waals surface area contributed by atoms with Crippen molar-refractivity contribution < 1.29 is 18.0 Å². The average Bonchev–Trinajstić information content (AvgIpc) is 2.67. The van der Waals surface area contributed by atoms with Gasteiger partial charge in [0.05, 0.1) is 17.1 Å². The predicted octanol–water partition coefficient (Wildman–Crippen LogP) is 0.801. The topological polar surface area (TPSA) is 90.0 Å². The summed E-state index contributed by atoms with van der Waals surface area (Å²) in [4.78, 5) is 26.0. The van der Waals surface area contributed by atoms with Crippen LogP contribution in [0.3, 0.4) is 0 Å². The van der Waals surface area contributed by atoms with Gasteiger partial charge in [0.2, 0.25) is 5.91 Å². The van der Waals surface area contributed by atoms with E-state index in [0.29, 0.717) is 36.8 Å². The monoisotopic (exact) mass is 416 g/mol. The first-order valence-electron chi connectivity index (χ1n) is 8.87. The Bertz CT molecular complexity index is 775. The lowest BCUT2D eigenvalue weighted by Gasteiger charge is -2.36. The molecule has 1 aromatic carbocycles. The molecule has 1 aliphatic rings. The molecule has 0 spiro atoms. The van der Waals surface area contributed by atoms with E-state index in [1.54, 1.807) is 43.0 Å². The van der Waals surface area contributed by atoms with E-state index in [0.717, 1.165) is 0 Å². The minimum Gasteiger partial charge on any atom is -0.343 e. The van der Waals surface area contributed by atoms with Gasteiger partial charge in [0.15, 0.2) is 0 Å². The largest absolute Gasteiger partial charge is 0.343 e. The molecule has 150 valence electrons. The van der Waals surface area contributed by atoms with E-state index in [4.69, 9.17) is 11.6 Å². The number of rotatable bonds is 7. The van der Waals surface area contributed by atoms with Crippen LogP contribution in [-0.2, 0) is 15.0 Å². The Labute approximate surface area is 165 Å². The van der Waals surface area contributed by atoms with E-state index < -0.39 is 16.1 Å². The fraction of sp³-hybridized carbons (Fsp3) is 0.529. The molecule has 1 aliphatic heterocycles. The number of nitrogens with one attached hydrogen (secondary N) is 1. The number of benzene rings is 1. The molecule has 0 aromatic heterocycles. The molecule has 0 bridgehead atoms. The Kier molecular flexibility index (Phi) is 7.60. The maximum absolute atomic E-state index is 12.5. The van der Waals surface area contributed by atoms with Gasteiger partial charge in [0.1, 0.15) is 0 Å². The van der Waals surface area contributed by atoms with Gasteiger partial charge < -0.3 is 10.2 Å². The summed E-state index contributed by atoms with van der Waals surface area (Å²) < 4.78 is 27.8. The molecule has 1 aromatic rings. The van der Waals surface area contributed by atoms with Gasteiger partial charge >= 0.3 is 0 Å². The normalized spacial score (nSPS) is 15.8. The zero-order valence-electron chi connectivity index (χ0n) is 15.5. The fourth-order valence-corrected chi connectivity index (χ4v) is 4.72. The zero-order chi connectivity index (χ0) is 20.0. The van der Waals surface area contributed by atoms with E-state index in [1.165, 1.54) is 8.61 Å². The summed E-state index contributed by atoms with van der Waals surface area (Å²) in [5.74, 6) is -0.674. The minimum absolute atomic E-state index is 0.160. The lowest BCUT2D eigenvalue weighted by Crippen LogP contribution is -2.55. The van der Waals surface area contributed by atoms with Crippen molar-refractivity contribution in [1.29, 1.82) is 0 Å². The number of piperazine rings is 1. The average molecular weight is 417 g/mol. The fourth-order valence-electron chi connectivity index (χ4n) is 2.89. The number of carbonyl (C=O) groups excluding carboxylic acids is 2. The van der Waals surface area contributed by atoms with Crippen LogP contribution in [0.2, 0.25) is 5.02 Å². The molecule has 27 heavy (non-hydrogen) atoms. The minimum atomic E-state index is -3.50. The molecule has 0 radical (unpaired) electrons. The lowest BCUT2D eigenvalue weighted by molar-refractivity contribution is -0.131. The maximum Gasteiger partial charge on any atom is 0.282 e. The molecule has 1 saturated heterocycles. The Morgan fingerprint density at radius 1 is 1.11 bits per heavy atom. The van der Waals surface area contributed by atoms with Crippen LogP contribution in [-0.4, -0.2) is 79.6 Å². The van der Waals surface area contributed by atoms with Crippen molar-refractivity contribution in [1.82, 2.24) is 18.8 Å². The highest BCUT2D eigenvalue weighted by Crippen LogP contribution is 2.15. The zero-order valence-corrected chi connectivity index (χ0v) is 17.1. The van der Waals surface area contributed by atoms with Gasteiger partial charge in [-0.25, -0.2) is 0 Å². The highest BCUT2D eigenvalue weighted by atomic mass is 35.5. The van der Waals surface area contributed by atoms with Crippen LogP contribution in [0.4, 0.5) is 0 Å². The number of nitrogens with zero attached hydrogens (tertiary/aromatic N) is 3. The Hall–Kier alpha value is -1.68. The molecular weight excluding hydrogens is 392 g/mol. The van der Waals surface area contributed by atoms with Gasteiger partial charge in [-0.2, -0.15) is 17.0 Å². The van der Waals surface area contributed by atoms with Crippen LogP contribution in [0.15, 0.2) is 24.3 Å². The van der Waals surface area contributed by atoms with Crippen molar-refractivity contribution >= 4 is 33.6 Å². The summed E-state index contributed by atoms with van der Waals surface area (Å²) in [7, 11) is -3.50. The molecule has 0 aliphatic carbocycles. The van der Waals surface area contributed by atoms with Crippen molar-refractivity contribution in [3.05, 3.63) is 34.9 Å². The van der Waals surface area contributed by atoms with E-state index in [9.17, 15) is 18.0 Å². The second-order valence-corrected chi connectivity index (χ2v) is 8.37. The number of hydrogen-bond acceptors (Lipinski definition) is 4. The summed E-state index contributed by atoms with van der Waals surface area (Å²) in [6.07, 6.45) is 0. The van der Waals surface area contributed by atoms with Gasteiger partial charge in [-0.15, -0.1) is 0 Å². The second-order valence-electron chi connectivity index (χ2n) is 6.03. The van der Waals surface area contributed by atoms with Crippen LogP contribution in [0.1, 0.15) is 24.2 Å². The van der Waals surface area contributed by atoms with Gasteiger partial charge in [0, 0.05) is 39.3 Å². The molecule has 0 saturated carbocycles. The first-order chi connectivity index (χ1) is 12.8. The third-order valence-corrected chi connectivity index (χ3v) is 6.98. The highest BCUT2D eigenvalue weighted by molar-refractivity contribution is 7.86. The predicted molar refractivity (Wildman–Crippen MR) is 104 cm³/mol. The van der Waals surface area contributed by atoms with E-state index in [2.05, 4.69) is 5.32 Å². The lowest BCUT2D eigenvalue weighted by atomic mass is 10.2. The first-order valence-corrected chi connectivity index (χ1v) is 10.6. The van der Waals surface area contributed by atoms with Crippen molar-refractivity contribution in [2.24, 2.45) is 0 Å². The summed E-state index contributed by atoms with van der Waals surface area (Å²) >= 11 is 5.97. The molecule has 0 unspecified atom stereocenters. The van der Waals surface area contributed by atoms with Crippen LogP contribution in [0, 0.1) is 0 Å². The molecule has 10 heteroatoms. The summed E-state index contributed by atoms with van der Waals surface area (Å²) in [5.41, 5.74) is 0.308. The molecule has 2 amide bonds. The van der Waals surface area contributed by atoms with Gasteiger partial charge in [-0.3, -0.25) is 9.59 Å². The van der Waals surface area contributed by atoms with Crippen molar-refractivity contribution in [2.45, 2.75) is 13.8 Å². The summed E-state index contributed by atoms with van der Waals surface area (Å²) in [6, 6.07) is 6.60. The highest BCUT2D eigenvalue weighted by Gasteiger charge is 2.32. The molecule has 1 fully saturated rings. The third-order valence-electron chi connectivity index (χ3n) is 4.47. The van der Waals surface area contributed by atoms with E-state index >= 15 is 0 Å². The van der Waals surface area contributed by atoms with Crippen molar-refractivity contribution in [3.8, 4) is 0 Å². The number of halogens is 1. The quantitative estimate of drug-likeness (QED) is 0.711. The SMILES string of the molecule is CCN(CC)S(=O)(=O)N1CCN(C(=O)CNC(=O)c2ccccc2Cl)CC1. The number of carbonyl (C=O) groups is 2. The second kappa shape index (κ2) is 9.50. The standard InChI is InChI=1S/C17H25ClN4O4S/c1-3-21(4-2)27(25,26)22-11-9-20(10-12-22)16(23)13-19-17(24)14-7-5-6-8-15(14)18/h5-8H,3-4,9-13H2,1-2H3,(H,19,24). The Morgan fingerprint density at radius 3 is 2.26 bits per heavy atom. The van der Waals surface area contributed by atoms with E-state index in [-0.39, 0.29) is 25.5 Å². The number of amides is 2. The number of hydrogen-bond donors (Lipinski definition) is 1. The van der Waals surface area contributed by atoms with E-state index in [1.807, 2.05) is 0 Å². The third kappa shape index (κ3) is 5.19. The maximum atomic E-state index is 12.5. The molecule has 2 rings (SSSR count). The van der Waals surface area contributed by atoms with Crippen molar-refractivity contribution in [2.75, 3.05) is 45.8 Å². The smallest absolute Gasteiger partial charge is 0.282 e. The first kappa shape index (κ1) is 21.6. The van der Waals surface area contributed by atoms with Crippen molar-refractivity contribution in [3.63, 3.8) is 0 Å². The molecule has 1 N–H and O–H groups in total. The molecule has 0 atom stereocenters. The van der Waals surface area contributed by atoms with Crippen LogP contribution in [0.5, 0.6) is 0 Å². The Balaban J connectivity index is 1.86. The van der Waals surface area contributed by atoms with Crippen LogP contribution in [0.25, 0.3) is 0 Å². The summed E-state index contributed by atoms with van der Waals surface area (Å²) in [6.45, 7) is 5.31. The molecule has 8 nitrogen and oxygen atoms in total. The Morgan fingerprint density at radius 2 is 1.70 bits per heavy atom. The molecular formula is C17H25ClN4O4S. The van der Waals surface area contributed by atoms with Crippen LogP contribution < -0.4 is 5.32 Å². The summed E-state index contributed by atoms with van der Waals surface area (Å²) in [5, 5.41) is 2.88. The van der Waals surface area contributed by atoms with Gasteiger partial charge in [-0.1, -0.05) is 37.6 Å².